The number of hydrogen-bond acceptors (Lipinski definition) is 5. The van der Waals surface area contributed by atoms with Crippen molar-refractivity contribution in [1.82, 2.24) is 9.97 Å². The quantitative estimate of drug-likeness (QED) is 0.909. The second-order valence-corrected chi connectivity index (χ2v) is 5.37. The minimum absolute atomic E-state index is 0.107. The molecule has 0 radical (unpaired) electrons. The van der Waals surface area contributed by atoms with Gasteiger partial charge in [0.2, 0.25) is 5.95 Å². The van der Waals surface area contributed by atoms with Gasteiger partial charge in [-0.15, -0.1) is 0 Å². The predicted molar refractivity (Wildman–Crippen MR) is 84.3 cm³/mol. The maximum atomic E-state index is 12.3. The van der Waals surface area contributed by atoms with E-state index in [4.69, 9.17) is 0 Å². The Labute approximate surface area is 128 Å². The van der Waals surface area contributed by atoms with Crippen LogP contribution in [0.15, 0.2) is 30.5 Å². The van der Waals surface area contributed by atoms with E-state index in [9.17, 15) is 9.90 Å². The molecule has 0 aliphatic carbocycles. The summed E-state index contributed by atoms with van der Waals surface area (Å²) in [6.07, 6.45) is 3.87. The number of amides is 1. The van der Waals surface area contributed by atoms with E-state index < -0.39 is 0 Å². The molecule has 1 aliphatic heterocycles. The average Bonchev–Trinajstić information content (AvgIpc) is 3.01. The van der Waals surface area contributed by atoms with E-state index >= 15 is 0 Å². The molecule has 1 amide bonds. The lowest BCUT2D eigenvalue weighted by Crippen LogP contribution is -2.22. The van der Waals surface area contributed by atoms with Crippen molar-refractivity contribution in [3.63, 3.8) is 0 Å². The van der Waals surface area contributed by atoms with Crippen molar-refractivity contribution >= 4 is 17.5 Å². The molecule has 6 nitrogen and oxygen atoms in total. The van der Waals surface area contributed by atoms with Gasteiger partial charge in [0.05, 0.1) is 11.3 Å². The number of nitrogens with zero attached hydrogens (tertiary/aromatic N) is 3. The molecule has 0 bridgehead atoms. The van der Waals surface area contributed by atoms with E-state index in [2.05, 4.69) is 20.2 Å². The molecule has 0 saturated carbocycles. The van der Waals surface area contributed by atoms with Gasteiger partial charge in [0.15, 0.2) is 0 Å². The normalized spacial score (nSPS) is 14.1. The van der Waals surface area contributed by atoms with Crippen LogP contribution in [0.25, 0.3) is 0 Å². The number of aromatic hydroxyl groups is 1. The molecule has 0 unspecified atom stereocenters. The molecule has 6 heteroatoms. The largest absolute Gasteiger partial charge is 0.508 e. The first-order valence-corrected chi connectivity index (χ1v) is 7.32. The minimum Gasteiger partial charge on any atom is -0.508 e. The highest BCUT2D eigenvalue weighted by atomic mass is 16.3. The molecular formula is C16H18N4O2. The lowest BCUT2D eigenvalue weighted by Gasteiger charge is -2.16. The lowest BCUT2D eigenvalue weighted by molar-refractivity contribution is 0.102. The number of rotatable bonds is 3. The molecule has 1 saturated heterocycles. The molecule has 114 valence electrons. The summed E-state index contributed by atoms with van der Waals surface area (Å²) in [7, 11) is 0. The molecular weight excluding hydrogens is 280 g/mol. The SMILES string of the molecule is Cc1nc(N2CCCC2)ncc1C(=O)Nc1cccc(O)c1. The zero-order valence-electron chi connectivity index (χ0n) is 12.4. The van der Waals surface area contributed by atoms with Gasteiger partial charge in [0.1, 0.15) is 5.75 Å². The third-order valence-electron chi connectivity index (χ3n) is 3.70. The molecule has 1 aliphatic rings. The lowest BCUT2D eigenvalue weighted by atomic mass is 10.2. The van der Waals surface area contributed by atoms with Crippen LogP contribution < -0.4 is 10.2 Å². The number of phenolic OH excluding ortho intramolecular Hbond substituents is 1. The Bertz CT molecular complexity index is 696. The maximum Gasteiger partial charge on any atom is 0.259 e. The summed E-state index contributed by atoms with van der Waals surface area (Å²) < 4.78 is 0. The third-order valence-corrected chi connectivity index (χ3v) is 3.70. The van der Waals surface area contributed by atoms with Gasteiger partial charge in [-0.2, -0.15) is 0 Å². The molecule has 1 aromatic heterocycles. The van der Waals surface area contributed by atoms with E-state index in [1.807, 2.05) is 0 Å². The molecule has 0 atom stereocenters. The first kappa shape index (κ1) is 14.3. The first-order chi connectivity index (χ1) is 10.6. The molecule has 1 fully saturated rings. The second-order valence-electron chi connectivity index (χ2n) is 5.37. The van der Waals surface area contributed by atoms with E-state index in [1.165, 1.54) is 6.07 Å². The third kappa shape index (κ3) is 3.00. The standard InChI is InChI=1S/C16H18N4O2/c1-11-14(10-17-16(18-11)20-7-2-3-8-20)15(22)19-12-5-4-6-13(21)9-12/h4-6,9-10,21H,2-3,7-8H2,1H3,(H,19,22). The summed E-state index contributed by atoms with van der Waals surface area (Å²) in [5.41, 5.74) is 1.62. The molecule has 0 spiro atoms. The molecule has 22 heavy (non-hydrogen) atoms. The predicted octanol–water partition coefficient (Wildman–Crippen LogP) is 2.34. The summed E-state index contributed by atoms with van der Waals surface area (Å²) >= 11 is 0. The molecule has 2 N–H and O–H groups in total. The van der Waals surface area contributed by atoms with Crippen LogP contribution in [-0.4, -0.2) is 34.1 Å². The van der Waals surface area contributed by atoms with Crippen molar-refractivity contribution in [3.8, 4) is 5.75 Å². The zero-order valence-corrected chi connectivity index (χ0v) is 12.4. The van der Waals surface area contributed by atoms with Crippen molar-refractivity contribution in [1.29, 1.82) is 0 Å². The van der Waals surface area contributed by atoms with Crippen LogP contribution in [0.1, 0.15) is 28.9 Å². The number of nitrogens with one attached hydrogen (secondary N) is 1. The minimum atomic E-state index is -0.281. The summed E-state index contributed by atoms with van der Waals surface area (Å²) in [6.45, 7) is 3.74. The monoisotopic (exact) mass is 298 g/mol. The van der Waals surface area contributed by atoms with Gasteiger partial charge in [-0.05, 0) is 31.9 Å². The Kier molecular flexibility index (Phi) is 3.91. The van der Waals surface area contributed by atoms with E-state index in [-0.39, 0.29) is 11.7 Å². The molecule has 1 aromatic carbocycles. The molecule has 2 heterocycles. The van der Waals surface area contributed by atoms with Crippen LogP contribution in [0, 0.1) is 6.92 Å². The van der Waals surface area contributed by atoms with Gasteiger partial charge in [-0.1, -0.05) is 6.07 Å². The Morgan fingerprint density at radius 2 is 2.09 bits per heavy atom. The number of phenols is 1. The smallest absolute Gasteiger partial charge is 0.259 e. The number of benzene rings is 1. The summed E-state index contributed by atoms with van der Waals surface area (Å²) in [5, 5.41) is 12.2. The van der Waals surface area contributed by atoms with Crippen LogP contribution in [0.3, 0.4) is 0 Å². The highest BCUT2D eigenvalue weighted by molar-refractivity contribution is 6.04. The van der Waals surface area contributed by atoms with Crippen LogP contribution in [0.2, 0.25) is 0 Å². The number of hydrogen-bond donors (Lipinski definition) is 2. The Balaban J connectivity index is 1.77. The summed E-state index contributed by atoms with van der Waals surface area (Å²) in [4.78, 5) is 23.2. The highest BCUT2D eigenvalue weighted by Gasteiger charge is 2.18. The van der Waals surface area contributed by atoms with Gasteiger partial charge in [-0.3, -0.25) is 4.79 Å². The van der Waals surface area contributed by atoms with Crippen LogP contribution >= 0.6 is 0 Å². The maximum absolute atomic E-state index is 12.3. The van der Waals surface area contributed by atoms with Gasteiger partial charge in [0.25, 0.3) is 5.91 Å². The number of carbonyl (C=O) groups excluding carboxylic acids is 1. The van der Waals surface area contributed by atoms with Gasteiger partial charge in [-0.25, -0.2) is 9.97 Å². The van der Waals surface area contributed by atoms with Crippen molar-refractivity contribution in [2.24, 2.45) is 0 Å². The Morgan fingerprint density at radius 3 is 2.77 bits per heavy atom. The van der Waals surface area contributed by atoms with E-state index in [0.29, 0.717) is 22.9 Å². The van der Waals surface area contributed by atoms with Gasteiger partial charge < -0.3 is 15.3 Å². The number of aryl methyl sites for hydroxylation is 1. The van der Waals surface area contributed by atoms with Gasteiger partial charge >= 0.3 is 0 Å². The van der Waals surface area contributed by atoms with Crippen LogP contribution in [0.4, 0.5) is 11.6 Å². The number of aromatic nitrogens is 2. The van der Waals surface area contributed by atoms with E-state index in [1.54, 1.807) is 31.3 Å². The van der Waals surface area contributed by atoms with Gasteiger partial charge in [0, 0.05) is 31.0 Å². The second kappa shape index (κ2) is 6.01. The van der Waals surface area contributed by atoms with Crippen molar-refractivity contribution in [3.05, 3.63) is 41.7 Å². The van der Waals surface area contributed by atoms with Crippen molar-refractivity contribution < 1.29 is 9.90 Å². The number of carbonyl (C=O) groups is 1. The molecule has 2 aromatic rings. The first-order valence-electron chi connectivity index (χ1n) is 7.32. The fourth-order valence-corrected chi connectivity index (χ4v) is 2.53. The van der Waals surface area contributed by atoms with Crippen LogP contribution in [-0.2, 0) is 0 Å². The zero-order chi connectivity index (χ0) is 15.5. The van der Waals surface area contributed by atoms with E-state index in [0.717, 1.165) is 25.9 Å². The Hall–Kier alpha value is -2.63. The topological polar surface area (TPSA) is 78.4 Å². The average molecular weight is 298 g/mol. The Morgan fingerprint density at radius 1 is 1.32 bits per heavy atom. The fraction of sp³-hybridized carbons (Fsp3) is 0.312. The molecule has 3 rings (SSSR count). The van der Waals surface area contributed by atoms with Crippen molar-refractivity contribution in [2.45, 2.75) is 19.8 Å². The van der Waals surface area contributed by atoms with Crippen molar-refractivity contribution in [2.75, 3.05) is 23.3 Å². The summed E-state index contributed by atoms with van der Waals surface area (Å²) in [5.74, 6) is 0.509. The van der Waals surface area contributed by atoms with Crippen LogP contribution in [0.5, 0.6) is 5.75 Å². The highest BCUT2D eigenvalue weighted by Crippen LogP contribution is 2.19. The summed E-state index contributed by atoms with van der Waals surface area (Å²) in [6, 6.07) is 6.43. The number of anilines is 2. The fourth-order valence-electron chi connectivity index (χ4n) is 2.53.